The molecule has 30 heavy (non-hydrogen) atoms. The predicted molar refractivity (Wildman–Crippen MR) is 110 cm³/mol. The Labute approximate surface area is 183 Å². The highest BCUT2D eigenvalue weighted by molar-refractivity contribution is 14.1. The number of aliphatic hydroxyl groups is 2. The van der Waals surface area contributed by atoms with Crippen LogP contribution in [0.3, 0.4) is 0 Å². The Hall–Kier alpha value is -2.16. The maximum absolute atomic E-state index is 15.1. The Morgan fingerprint density at radius 2 is 1.93 bits per heavy atom. The summed E-state index contributed by atoms with van der Waals surface area (Å²) in [5.41, 5.74) is -1.35. The SMILES string of the molecule is CC1(Nc2ccc(I)cc2F)C(C(=O)NOCCO)=CC(=NOCCO)C(F)=C1F. The molecule has 2 rings (SSSR count). The van der Waals surface area contributed by atoms with Crippen LogP contribution in [-0.2, 0) is 14.5 Å². The maximum Gasteiger partial charge on any atom is 0.273 e. The van der Waals surface area contributed by atoms with E-state index >= 15 is 4.39 Å². The first kappa shape index (κ1) is 24.1. The second-order valence-electron chi connectivity index (χ2n) is 6.10. The van der Waals surface area contributed by atoms with Gasteiger partial charge in [0.2, 0.25) is 0 Å². The number of hydroxylamine groups is 1. The van der Waals surface area contributed by atoms with Crippen molar-refractivity contribution < 1.29 is 37.9 Å². The van der Waals surface area contributed by atoms with Crippen LogP contribution in [0.25, 0.3) is 0 Å². The molecule has 0 aliphatic heterocycles. The fourth-order valence-corrected chi connectivity index (χ4v) is 2.96. The van der Waals surface area contributed by atoms with E-state index < -0.39 is 53.4 Å². The number of oxime groups is 1. The van der Waals surface area contributed by atoms with Crippen LogP contribution < -0.4 is 10.8 Å². The summed E-state index contributed by atoms with van der Waals surface area (Å²) in [7, 11) is 0. The summed E-state index contributed by atoms with van der Waals surface area (Å²) in [6.07, 6.45) is 0.908. The van der Waals surface area contributed by atoms with Gasteiger partial charge in [0.05, 0.1) is 31.1 Å². The third kappa shape index (κ3) is 5.50. The fourth-order valence-electron chi connectivity index (χ4n) is 2.51. The Morgan fingerprint density at radius 3 is 2.57 bits per heavy atom. The molecule has 1 atom stereocenters. The van der Waals surface area contributed by atoms with E-state index in [1.807, 2.05) is 28.1 Å². The summed E-state index contributed by atoms with van der Waals surface area (Å²) in [6, 6.07) is 4.04. The molecule has 1 unspecified atom stereocenters. The molecule has 0 fully saturated rings. The normalized spacial score (nSPS) is 20.2. The highest BCUT2D eigenvalue weighted by atomic mass is 127. The Bertz CT molecular complexity index is 894. The number of carbonyl (C=O) groups excluding carboxylic acids is 1. The molecule has 0 bridgehead atoms. The molecule has 0 saturated heterocycles. The van der Waals surface area contributed by atoms with E-state index in [0.717, 1.165) is 13.0 Å². The van der Waals surface area contributed by atoms with Crippen molar-refractivity contribution in [2.75, 3.05) is 31.7 Å². The van der Waals surface area contributed by atoms with Crippen molar-refractivity contribution in [2.45, 2.75) is 12.5 Å². The molecule has 1 aromatic rings. The van der Waals surface area contributed by atoms with Crippen LogP contribution in [-0.4, -0.2) is 53.8 Å². The number of nitrogens with one attached hydrogen (secondary N) is 2. The zero-order chi connectivity index (χ0) is 22.3. The minimum atomic E-state index is -2.12. The molecule has 0 radical (unpaired) electrons. The van der Waals surface area contributed by atoms with E-state index in [-0.39, 0.29) is 18.9 Å². The average Bonchev–Trinajstić information content (AvgIpc) is 2.70. The van der Waals surface area contributed by atoms with E-state index in [1.165, 1.54) is 12.1 Å². The molecule has 0 heterocycles. The predicted octanol–water partition coefficient (Wildman–Crippen LogP) is 2.10. The number of hydrogen-bond acceptors (Lipinski definition) is 7. The first-order valence-corrected chi connectivity index (χ1v) is 9.67. The van der Waals surface area contributed by atoms with Gasteiger partial charge >= 0.3 is 0 Å². The van der Waals surface area contributed by atoms with Crippen molar-refractivity contribution in [3.8, 4) is 0 Å². The van der Waals surface area contributed by atoms with Crippen LogP contribution in [0.15, 0.2) is 46.7 Å². The van der Waals surface area contributed by atoms with Crippen molar-refractivity contribution in [2.24, 2.45) is 5.16 Å². The standard InChI is InChI=1S/C18H19F3IN3O5/c1-18(23-13-3-2-10(22)8-12(13)19)11(17(28)25-30-7-5-27)9-14(15(20)16(18)21)24-29-6-4-26/h2-3,8-9,23,26-27H,4-7H2,1H3,(H,25,28). The van der Waals surface area contributed by atoms with Gasteiger partial charge in [-0.05, 0) is 53.8 Å². The molecule has 1 amide bonds. The van der Waals surface area contributed by atoms with E-state index in [4.69, 9.17) is 15.1 Å². The van der Waals surface area contributed by atoms with Crippen LogP contribution in [0.2, 0.25) is 0 Å². The average molecular weight is 541 g/mol. The molecule has 1 aromatic carbocycles. The zero-order valence-corrected chi connectivity index (χ0v) is 17.9. The van der Waals surface area contributed by atoms with Crippen molar-refractivity contribution >= 4 is 39.9 Å². The number of benzene rings is 1. The van der Waals surface area contributed by atoms with E-state index in [9.17, 15) is 13.6 Å². The highest BCUT2D eigenvalue weighted by Gasteiger charge is 2.45. The van der Waals surface area contributed by atoms with Gasteiger partial charge in [0, 0.05) is 3.57 Å². The lowest BCUT2D eigenvalue weighted by Crippen LogP contribution is -2.47. The van der Waals surface area contributed by atoms with Gasteiger partial charge in [0.15, 0.2) is 11.7 Å². The van der Waals surface area contributed by atoms with Crippen LogP contribution in [0.5, 0.6) is 0 Å². The van der Waals surface area contributed by atoms with E-state index in [0.29, 0.717) is 3.57 Å². The lowest BCUT2D eigenvalue weighted by molar-refractivity contribution is -0.130. The third-order valence-electron chi connectivity index (χ3n) is 3.94. The number of hydrogen-bond donors (Lipinski definition) is 4. The second kappa shape index (κ2) is 10.7. The summed E-state index contributed by atoms with van der Waals surface area (Å²) in [5, 5.41) is 23.4. The smallest absolute Gasteiger partial charge is 0.273 e. The maximum atomic E-state index is 15.1. The number of amides is 1. The van der Waals surface area contributed by atoms with Crippen LogP contribution in [0, 0.1) is 9.39 Å². The van der Waals surface area contributed by atoms with Gasteiger partial charge in [0.25, 0.3) is 5.91 Å². The van der Waals surface area contributed by atoms with Crippen LogP contribution in [0.1, 0.15) is 6.92 Å². The largest absolute Gasteiger partial charge is 0.394 e. The van der Waals surface area contributed by atoms with Gasteiger partial charge in [-0.15, -0.1) is 0 Å². The van der Waals surface area contributed by atoms with Crippen LogP contribution in [0.4, 0.5) is 18.9 Å². The second-order valence-corrected chi connectivity index (χ2v) is 7.34. The molecule has 1 aliphatic carbocycles. The van der Waals surface area contributed by atoms with Crippen molar-refractivity contribution in [3.05, 3.63) is 50.9 Å². The summed E-state index contributed by atoms with van der Waals surface area (Å²) in [5.74, 6) is -4.59. The number of carbonyl (C=O) groups is 1. The minimum absolute atomic E-state index is 0.173. The van der Waals surface area contributed by atoms with Gasteiger partial charge < -0.3 is 20.4 Å². The quantitative estimate of drug-likeness (QED) is 0.217. The summed E-state index contributed by atoms with van der Waals surface area (Å²) >= 11 is 1.88. The molecular weight excluding hydrogens is 522 g/mol. The summed E-state index contributed by atoms with van der Waals surface area (Å²) in [6.45, 7) is -0.198. The number of halogens is 4. The van der Waals surface area contributed by atoms with Crippen molar-refractivity contribution in [3.63, 3.8) is 0 Å². The fraction of sp³-hybridized carbons (Fsp3) is 0.333. The molecular formula is C18H19F3IN3O5. The molecule has 0 aromatic heterocycles. The number of anilines is 1. The molecule has 0 spiro atoms. The topological polar surface area (TPSA) is 112 Å². The van der Waals surface area contributed by atoms with Crippen LogP contribution >= 0.6 is 22.6 Å². The molecule has 12 heteroatoms. The van der Waals surface area contributed by atoms with Gasteiger partial charge in [-0.2, -0.15) is 0 Å². The lowest BCUT2D eigenvalue weighted by Gasteiger charge is -2.34. The molecule has 164 valence electrons. The Kier molecular flexibility index (Phi) is 8.64. The Balaban J connectivity index is 2.48. The highest BCUT2D eigenvalue weighted by Crippen LogP contribution is 2.38. The number of rotatable bonds is 9. The van der Waals surface area contributed by atoms with E-state index in [2.05, 4.69) is 15.3 Å². The molecule has 8 nitrogen and oxygen atoms in total. The molecule has 4 N–H and O–H groups in total. The van der Waals surface area contributed by atoms with Crippen molar-refractivity contribution in [1.29, 1.82) is 0 Å². The number of nitrogens with zero attached hydrogens (tertiary/aromatic N) is 1. The van der Waals surface area contributed by atoms with Gasteiger partial charge in [-0.3, -0.25) is 9.63 Å². The zero-order valence-electron chi connectivity index (χ0n) is 15.7. The van der Waals surface area contributed by atoms with Gasteiger partial charge in [-0.1, -0.05) is 5.16 Å². The van der Waals surface area contributed by atoms with Crippen molar-refractivity contribution in [1.82, 2.24) is 5.48 Å². The summed E-state index contributed by atoms with van der Waals surface area (Å²) < 4.78 is 44.6. The third-order valence-corrected chi connectivity index (χ3v) is 4.61. The monoisotopic (exact) mass is 541 g/mol. The first-order chi connectivity index (χ1) is 14.2. The molecule has 1 aliphatic rings. The number of allylic oxidation sites excluding steroid dienone is 2. The molecule has 0 saturated carbocycles. The summed E-state index contributed by atoms with van der Waals surface area (Å²) in [4.78, 5) is 22.0. The lowest BCUT2D eigenvalue weighted by atomic mass is 9.83. The minimum Gasteiger partial charge on any atom is -0.394 e. The Morgan fingerprint density at radius 1 is 1.23 bits per heavy atom. The number of aliphatic hydroxyl groups excluding tert-OH is 2. The van der Waals surface area contributed by atoms with Gasteiger partial charge in [-0.25, -0.2) is 18.7 Å². The first-order valence-electron chi connectivity index (χ1n) is 8.60. The van der Waals surface area contributed by atoms with E-state index in [1.54, 1.807) is 6.07 Å². The van der Waals surface area contributed by atoms with Gasteiger partial charge in [0.1, 0.15) is 23.7 Å².